The lowest BCUT2D eigenvalue weighted by molar-refractivity contribution is 0.102. The molecule has 1 aliphatic rings. The van der Waals surface area contributed by atoms with Gasteiger partial charge < -0.3 is 4.74 Å². The van der Waals surface area contributed by atoms with Gasteiger partial charge in [0.15, 0.2) is 5.13 Å². The summed E-state index contributed by atoms with van der Waals surface area (Å²) in [6.45, 7) is 0. The average molecular weight is 353 g/mol. The lowest BCUT2D eigenvalue weighted by Crippen LogP contribution is -2.13. The molecule has 1 aliphatic carbocycles. The number of aromatic nitrogens is 1. The molecule has 104 valence electrons. The number of rotatable bonds is 4. The molecule has 0 atom stereocenters. The zero-order chi connectivity index (χ0) is 14.1. The summed E-state index contributed by atoms with van der Waals surface area (Å²) in [6, 6.07) is 5.31. The Morgan fingerprint density at radius 3 is 3.00 bits per heavy atom. The summed E-state index contributed by atoms with van der Waals surface area (Å²) in [6.07, 6.45) is 2.41. The highest BCUT2D eigenvalue weighted by molar-refractivity contribution is 9.10. The first kappa shape index (κ1) is 13.6. The van der Waals surface area contributed by atoms with Crippen LogP contribution in [-0.2, 0) is 0 Å². The van der Waals surface area contributed by atoms with E-state index in [-0.39, 0.29) is 5.91 Å². The molecule has 1 heterocycles. The fraction of sp³-hybridized carbons (Fsp3) is 0.286. The van der Waals surface area contributed by atoms with Crippen LogP contribution in [0.5, 0.6) is 5.75 Å². The van der Waals surface area contributed by atoms with Gasteiger partial charge in [-0.05, 0) is 31.0 Å². The van der Waals surface area contributed by atoms with Gasteiger partial charge in [-0.25, -0.2) is 4.98 Å². The van der Waals surface area contributed by atoms with Crippen molar-refractivity contribution in [1.82, 2.24) is 4.98 Å². The van der Waals surface area contributed by atoms with Gasteiger partial charge in [-0.3, -0.25) is 10.1 Å². The number of carbonyl (C=O) groups is 1. The Morgan fingerprint density at radius 1 is 1.50 bits per heavy atom. The molecule has 2 aromatic rings. The third-order valence-electron chi connectivity index (χ3n) is 3.15. The van der Waals surface area contributed by atoms with Gasteiger partial charge in [0.05, 0.1) is 18.4 Å². The average Bonchev–Trinajstić information content (AvgIpc) is 3.19. The SMILES string of the molecule is COc1cc(Br)ccc1C(=O)Nc1nc(C2CC2)cs1. The van der Waals surface area contributed by atoms with Crippen LogP contribution >= 0.6 is 27.3 Å². The van der Waals surface area contributed by atoms with E-state index in [1.54, 1.807) is 19.2 Å². The van der Waals surface area contributed by atoms with Crippen LogP contribution in [0.25, 0.3) is 0 Å². The summed E-state index contributed by atoms with van der Waals surface area (Å²) in [5.74, 6) is 0.931. The van der Waals surface area contributed by atoms with Crippen LogP contribution in [0.4, 0.5) is 5.13 Å². The van der Waals surface area contributed by atoms with Crippen LogP contribution in [-0.4, -0.2) is 18.0 Å². The van der Waals surface area contributed by atoms with Crippen molar-refractivity contribution in [2.75, 3.05) is 12.4 Å². The summed E-state index contributed by atoms with van der Waals surface area (Å²) in [7, 11) is 1.55. The molecule has 1 N–H and O–H groups in total. The molecule has 3 rings (SSSR count). The molecule has 1 aromatic heterocycles. The van der Waals surface area contributed by atoms with Gasteiger partial charge in [0.2, 0.25) is 0 Å². The van der Waals surface area contributed by atoms with Crippen molar-refractivity contribution >= 4 is 38.3 Å². The van der Waals surface area contributed by atoms with Gasteiger partial charge in [0.1, 0.15) is 5.75 Å². The molecular formula is C14H13BrN2O2S. The molecule has 20 heavy (non-hydrogen) atoms. The molecule has 0 radical (unpaired) electrons. The number of hydrogen-bond donors (Lipinski definition) is 1. The standard InChI is InChI=1S/C14H13BrN2O2S/c1-19-12-6-9(15)4-5-10(12)13(18)17-14-16-11(7-20-14)8-2-3-8/h4-8H,2-3H2,1H3,(H,16,17,18). The van der Waals surface area contributed by atoms with Crippen molar-refractivity contribution in [2.45, 2.75) is 18.8 Å². The van der Waals surface area contributed by atoms with E-state index in [0.29, 0.717) is 22.4 Å². The van der Waals surface area contributed by atoms with E-state index in [2.05, 4.69) is 26.2 Å². The van der Waals surface area contributed by atoms with Gasteiger partial charge in [0, 0.05) is 15.8 Å². The van der Waals surface area contributed by atoms with Crippen molar-refractivity contribution in [3.8, 4) is 5.75 Å². The molecule has 1 fully saturated rings. The van der Waals surface area contributed by atoms with Crippen LogP contribution in [0.1, 0.15) is 34.8 Å². The van der Waals surface area contributed by atoms with E-state index in [4.69, 9.17) is 4.74 Å². The minimum atomic E-state index is -0.203. The third kappa shape index (κ3) is 2.86. The number of thiazole rings is 1. The van der Waals surface area contributed by atoms with Crippen LogP contribution in [0.15, 0.2) is 28.1 Å². The predicted molar refractivity (Wildman–Crippen MR) is 82.7 cm³/mol. The zero-order valence-electron chi connectivity index (χ0n) is 10.9. The molecule has 1 saturated carbocycles. The fourth-order valence-electron chi connectivity index (χ4n) is 1.93. The molecular weight excluding hydrogens is 340 g/mol. The lowest BCUT2D eigenvalue weighted by Gasteiger charge is -2.08. The Labute approximate surface area is 129 Å². The second-order valence-corrected chi connectivity index (χ2v) is 6.42. The Bertz CT molecular complexity index is 652. The quantitative estimate of drug-likeness (QED) is 0.902. The van der Waals surface area contributed by atoms with Crippen molar-refractivity contribution in [1.29, 1.82) is 0 Å². The van der Waals surface area contributed by atoms with Crippen molar-refractivity contribution in [2.24, 2.45) is 0 Å². The van der Waals surface area contributed by atoms with E-state index in [0.717, 1.165) is 10.2 Å². The highest BCUT2D eigenvalue weighted by atomic mass is 79.9. The largest absolute Gasteiger partial charge is 0.496 e. The highest BCUT2D eigenvalue weighted by Crippen LogP contribution is 2.41. The van der Waals surface area contributed by atoms with Gasteiger partial charge in [0.25, 0.3) is 5.91 Å². The van der Waals surface area contributed by atoms with Crippen LogP contribution in [0, 0.1) is 0 Å². The number of benzene rings is 1. The minimum Gasteiger partial charge on any atom is -0.496 e. The fourth-order valence-corrected chi connectivity index (χ4v) is 3.05. The number of halogens is 1. The lowest BCUT2D eigenvalue weighted by atomic mass is 10.2. The molecule has 0 bridgehead atoms. The first-order valence-electron chi connectivity index (χ1n) is 6.27. The molecule has 4 nitrogen and oxygen atoms in total. The highest BCUT2D eigenvalue weighted by Gasteiger charge is 2.26. The first-order valence-corrected chi connectivity index (χ1v) is 7.95. The van der Waals surface area contributed by atoms with Crippen molar-refractivity contribution in [3.05, 3.63) is 39.3 Å². The summed E-state index contributed by atoms with van der Waals surface area (Å²) >= 11 is 4.82. The van der Waals surface area contributed by atoms with Gasteiger partial charge in [-0.1, -0.05) is 15.9 Å². The molecule has 1 aromatic carbocycles. The Morgan fingerprint density at radius 2 is 2.30 bits per heavy atom. The number of nitrogens with zero attached hydrogens (tertiary/aromatic N) is 1. The summed E-state index contributed by atoms with van der Waals surface area (Å²) in [5.41, 5.74) is 1.59. The van der Waals surface area contributed by atoms with Gasteiger partial charge in [-0.15, -0.1) is 11.3 Å². The normalized spacial score (nSPS) is 14.1. The predicted octanol–water partition coefficient (Wildman–Crippen LogP) is 4.04. The summed E-state index contributed by atoms with van der Waals surface area (Å²) < 4.78 is 6.10. The summed E-state index contributed by atoms with van der Waals surface area (Å²) in [4.78, 5) is 16.7. The smallest absolute Gasteiger partial charge is 0.261 e. The second-order valence-electron chi connectivity index (χ2n) is 4.65. The molecule has 0 saturated heterocycles. The number of anilines is 1. The van der Waals surface area contributed by atoms with E-state index >= 15 is 0 Å². The Kier molecular flexibility index (Phi) is 3.76. The Balaban J connectivity index is 1.77. The van der Waals surface area contributed by atoms with Gasteiger partial charge >= 0.3 is 0 Å². The van der Waals surface area contributed by atoms with Crippen molar-refractivity contribution < 1.29 is 9.53 Å². The Hall–Kier alpha value is -1.40. The maximum absolute atomic E-state index is 12.3. The maximum Gasteiger partial charge on any atom is 0.261 e. The number of ether oxygens (including phenoxy) is 1. The van der Waals surface area contributed by atoms with E-state index in [1.165, 1.54) is 24.2 Å². The first-order chi connectivity index (χ1) is 9.67. The topological polar surface area (TPSA) is 51.2 Å². The van der Waals surface area contributed by atoms with Gasteiger partial charge in [-0.2, -0.15) is 0 Å². The monoisotopic (exact) mass is 352 g/mol. The van der Waals surface area contributed by atoms with Crippen LogP contribution < -0.4 is 10.1 Å². The number of amides is 1. The molecule has 6 heteroatoms. The molecule has 0 aliphatic heterocycles. The van der Waals surface area contributed by atoms with E-state index in [9.17, 15) is 4.79 Å². The van der Waals surface area contributed by atoms with Crippen molar-refractivity contribution in [3.63, 3.8) is 0 Å². The number of nitrogens with one attached hydrogen (secondary N) is 1. The van der Waals surface area contributed by atoms with E-state index in [1.807, 2.05) is 11.4 Å². The molecule has 0 spiro atoms. The molecule has 1 amide bonds. The number of hydrogen-bond acceptors (Lipinski definition) is 4. The maximum atomic E-state index is 12.3. The molecule has 0 unspecified atom stereocenters. The van der Waals surface area contributed by atoms with Crippen LogP contribution in [0.3, 0.4) is 0 Å². The zero-order valence-corrected chi connectivity index (χ0v) is 13.3. The number of carbonyl (C=O) groups excluding carboxylic acids is 1. The third-order valence-corrected chi connectivity index (χ3v) is 4.42. The van der Waals surface area contributed by atoms with Crippen LogP contribution in [0.2, 0.25) is 0 Å². The number of methoxy groups -OCH3 is 1. The minimum absolute atomic E-state index is 0.203. The van der Waals surface area contributed by atoms with E-state index < -0.39 is 0 Å². The second kappa shape index (κ2) is 5.54. The summed E-state index contributed by atoms with van der Waals surface area (Å²) in [5, 5.41) is 5.49.